The minimum atomic E-state index is -3.41. The predicted octanol–water partition coefficient (Wildman–Crippen LogP) is 4.49. The zero-order chi connectivity index (χ0) is 18.2. The molecule has 1 amide bonds. The average molecular weight is 439 g/mol. The maximum Gasteiger partial charge on any atom is 0.255 e. The minimum Gasteiger partial charge on any atom is -0.322 e. The summed E-state index contributed by atoms with van der Waals surface area (Å²) in [4.78, 5) is 16.5. The molecule has 0 aliphatic rings. The summed E-state index contributed by atoms with van der Waals surface area (Å²) in [6.07, 6.45) is 0. The average Bonchev–Trinajstić information content (AvgIpc) is 2.99. The highest BCUT2D eigenvalue weighted by Crippen LogP contribution is 2.30. The largest absolute Gasteiger partial charge is 0.322 e. The van der Waals surface area contributed by atoms with Crippen LogP contribution < -0.4 is 5.32 Å². The number of nitrogens with one attached hydrogen (secondary N) is 1. The smallest absolute Gasteiger partial charge is 0.255 e. The number of hydrogen-bond donors (Lipinski definition) is 1. The summed E-state index contributed by atoms with van der Waals surface area (Å²) in [7, 11) is -3.41. The van der Waals surface area contributed by atoms with Crippen LogP contribution in [0.4, 0.5) is 5.69 Å². The lowest BCUT2D eigenvalue weighted by molar-refractivity contribution is 0.102. The van der Waals surface area contributed by atoms with Crippen molar-refractivity contribution in [2.75, 3.05) is 5.32 Å². The van der Waals surface area contributed by atoms with Crippen LogP contribution >= 0.6 is 27.3 Å². The molecule has 0 fully saturated rings. The SMILES string of the molecule is CC(C)S(=O)(=O)c1nc2ccc(NC(=O)c3ccc(Br)cc3)cc2s1. The first-order chi connectivity index (χ1) is 11.8. The van der Waals surface area contributed by atoms with Gasteiger partial charge in [-0.05, 0) is 56.3 Å². The lowest BCUT2D eigenvalue weighted by Crippen LogP contribution is -2.13. The van der Waals surface area contributed by atoms with Gasteiger partial charge in [0.05, 0.1) is 15.5 Å². The number of carbonyl (C=O) groups is 1. The molecule has 2 aromatic carbocycles. The van der Waals surface area contributed by atoms with E-state index < -0.39 is 15.1 Å². The Morgan fingerprint density at radius 1 is 1.16 bits per heavy atom. The van der Waals surface area contributed by atoms with E-state index in [0.29, 0.717) is 21.5 Å². The zero-order valence-electron chi connectivity index (χ0n) is 13.5. The fraction of sp³-hybridized carbons (Fsp3) is 0.176. The number of carbonyl (C=O) groups excluding carboxylic acids is 1. The van der Waals surface area contributed by atoms with E-state index in [4.69, 9.17) is 0 Å². The summed E-state index contributed by atoms with van der Waals surface area (Å²) >= 11 is 4.45. The van der Waals surface area contributed by atoms with Gasteiger partial charge in [0.1, 0.15) is 0 Å². The van der Waals surface area contributed by atoms with Crippen molar-refractivity contribution in [3.05, 3.63) is 52.5 Å². The quantitative estimate of drug-likeness (QED) is 0.650. The van der Waals surface area contributed by atoms with Gasteiger partial charge in [-0.1, -0.05) is 15.9 Å². The van der Waals surface area contributed by atoms with Crippen LogP contribution in [-0.2, 0) is 9.84 Å². The van der Waals surface area contributed by atoms with E-state index in [2.05, 4.69) is 26.2 Å². The molecular formula is C17H15BrN2O3S2. The number of thiazole rings is 1. The van der Waals surface area contributed by atoms with E-state index >= 15 is 0 Å². The van der Waals surface area contributed by atoms with Crippen LogP contribution in [0, 0.1) is 0 Å². The monoisotopic (exact) mass is 438 g/mol. The summed E-state index contributed by atoms with van der Waals surface area (Å²) in [6, 6.07) is 12.2. The number of hydrogen-bond acceptors (Lipinski definition) is 5. The van der Waals surface area contributed by atoms with Crippen molar-refractivity contribution in [2.45, 2.75) is 23.4 Å². The lowest BCUT2D eigenvalue weighted by Gasteiger charge is -2.05. The summed E-state index contributed by atoms with van der Waals surface area (Å²) in [5, 5.41) is 2.29. The van der Waals surface area contributed by atoms with Gasteiger partial charge in [0.25, 0.3) is 5.91 Å². The van der Waals surface area contributed by atoms with Gasteiger partial charge in [0, 0.05) is 15.7 Å². The molecule has 5 nitrogen and oxygen atoms in total. The van der Waals surface area contributed by atoms with E-state index in [9.17, 15) is 13.2 Å². The predicted molar refractivity (Wildman–Crippen MR) is 104 cm³/mol. The number of sulfone groups is 1. The van der Waals surface area contributed by atoms with Crippen LogP contribution in [0.3, 0.4) is 0 Å². The molecule has 0 saturated carbocycles. The summed E-state index contributed by atoms with van der Waals surface area (Å²) in [5.41, 5.74) is 1.74. The Hall–Kier alpha value is -1.77. The number of amides is 1. The van der Waals surface area contributed by atoms with E-state index in [1.54, 1.807) is 56.3 Å². The van der Waals surface area contributed by atoms with Gasteiger partial charge in [0.2, 0.25) is 14.2 Å². The molecule has 0 radical (unpaired) electrons. The first-order valence-electron chi connectivity index (χ1n) is 7.49. The molecule has 130 valence electrons. The molecule has 0 bridgehead atoms. The normalized spacial score (nSPS) is 11.8. The third kappa shape index (κ3) is 3.75. The van der Waals surface area contributed by atoms with Gasteiger partial charge >= 0.3 is 0 Å². The topological polar surface area (TPSA) is 76.1 Å². The number of anilines is 1. The number of benzene rings is 2. The highest BCUT2D eigenvalue weighted by atomic mass is 79.9. The first kappa shape index (κ1) is 18.0. The van der Waals surface area contributed by atoms with Crippen molar-refractivity contribution in [2.24, 2.45) is 0 Å². The van der Waals surface area contributed by atoms with Crippen molar-refractivity contribution in [1.29, 1.82) is 0 Å². The molecule has 0 unspecified atom stereocenters. The van der Waals surface area contributed by atoms with Crippen molar-refractivity contribution in [3.63, 3.8) is 0 Å². The Morgan fingerprint density at radius 3 is 2.48 bits per heavy atom. The second kappa shape index (κ2) is 6.86. The third-order valence-corrected chi connectivity index (χ3v) is 7.70. The van der Waals surface area contributed by atoms with Gasteiger partial charge in [0.15, 0.2) is 0 Å². The molecule has 0 saturated heterocycles. The van der Waals surface area contributed by atoms with Crippen LogP contribution in [-0.4, -0.2) is 24.6 Å². The third-order valence-electron chi connectivity index (χ3n) is 3.60. The molecule has 0 atom stereocenters. The van der Waals surface area contributed by atoms with Gasteiger partial charge < -0.3 is 5.32 Å². The summed E-state index contributed by atoms with van der Waals surface area (Å²) in [6.45, 7) is 3.26. The molecule has 0 spiro atoms. The van der Waals surface area contributed by atoms with Gasteiger partial charge in [-0.25, -0.2) is 13.4 Å². The Morgan fingerprint density at radius 2 is 1.84 bits per heavy atom. The van der Waals surface area contributed by atoms with Crippen molar-refractivity contribution in [3.8, 4) is 0 Å². The maximum absolute atomic E-state index is 12.3. The van der Waals surface area contributed by atoms with Gasteiger partial charge in [-0.2, -0.15) is 0 Å². The van der Waals surface area contributed by atoms with Crippen LogP contribution in [0.2, 0.25) is 0 Å². The fourth-order valence-electron chi connectivity index (χ4n) is 2.11. The molecule has 1 heterocycles. The molecule has 1 aromatic heterocycles. The summed E-state index contributed by atoms with van der Waals surface area (Å²) in [5.74, 6) is -0.230. The molecule has 0 aliphatic heterocycles. The number of aromatic nitrogens is 1. The maximum atomic E-state index is 12.3. The van der Waals surface area contributed by atoms with Crippen molar-refractivity contribution in [1.82, 2.24) is 4.98 Å². The number of halogens is 1. The number of rotatable bonds is 4. The number of fused-ring (bicyclic) bond motifs is 1. The number of nitrogens with zero attached hydrogens (tertiary/aromatic N) is 1. The molecule has 0 aliphatic carbocycles. The molecule has 25 heavy (non-hydrogen) atoms. The van der Waals surface area contributed by atoms with Crippen LogP contribution in [0.5, 0.6) is 0 Å². The Balaban J connectivity index is 1.89. The summed E-state index contributed by atoms with van der Waals surface area (Å²) < 4.78 is 26.2. The highest BCUT2D eigenvalue weighted by molar-refractivity contribution is 9.10. The Kier molecular flexibility index (Phi) is 4.95. The van der Waals surface area contributed by atoms with Crippen LogP contribution in [0.1, 0.15) is 24.2 Å². The lowest BCUT2D eigenvalue weighted by atomic mass is 10.2. The molecule has 8 heteroatoms. The first-order valence-corrected chi connectivity index (χ1v) is 10.6. The van der Waals surface area contributed by atoms with E-state index in [0.717, 1.165) is 15.8 Å². The fourth-order valence-corrected chi connectivity index (χ4v) is 5.05. The zero-order valence-corrected chi connectivity index (χ0v) is 16.7. The van der Waals surface area contributed by atoms with Gasteiger partial charge in [-0.3, -0.25) is 4.79 Å². The second-order valence-electron chi connectivity index (χ2n) is 5.72. The van der Waals surface area contributed by atoms with Gasteiger partial charge in [-0.15, -0.1) is 11.3 Å². The van der Waals surface area contributed by atoms with Crippen LogP contribution in [0.25, 0.3) is 10.2 Å². The van der Waals surface area contributed by atoms with E-state index in [1.165, 1.54) is 0 Å². The van der Waals surface area contributed by atoms with Crippen molar-refractivity contribution >= 4 is 58.9 Å². The molecule has 3 rings (SSSR count). The van der Waals surface area contributed by atoms with E-state index in [1.807, 2.05) is 0 Å². The second-order valence-corrected chi connectivity index (χ2v) is 10.3. The Bertz CT molecular complexity index is 1040. The highest BCUT2D eigenvalue weighted by Gasteiger charge is 2.23. The molecule has 3 aromatic rings. The van der Waals surface area contributed by atoms with Crippen molar-refractivity contribution < 1.29 is 13.2 Å². The standard InChI is InChI=1S/C17H15BrN2O3S2/c1-10(2)25(22,23)17-20-14-8-7-13(9-15(14)24-17)19-16(21)11-3-5-12(18)6-4-11/h3-10H,1-2H3,(H,19,21). The molecular weight excluding hydrogens is 424 g/mol. The van der Waals surface area contributed by atoms with Crippen LogP contribution in [0.15, 0.2) is 51.3 Å². The minimum absolute atomic E-state index is 0.105. The Labute approximate surface area is 158 Å². The van der Waals surface area contributed by atoms with E-state index in [-0.39, 0.29) is 10.2 Å². The molecule has 1 N–H and O–H groups in total.